The predicted octanol–water partition coefficient (Wildman–Crippen LogP) is 1.38. The fourth-order valence-electron chi connectivity index (χ4n) is 1.37. The molecule has 4 heteroatoms. The molecule has 0 radical (unpaired) electrons. The topological polar surface area (TPSA) is 63.6 Å². The Morgan fingerprint density at radius 2 is 1.87 bits per heavy atom. The van der Waals surface area contributed by atoms with E-state index in [1.807, 2.05) is 6.92 Å². The third-order valence-corrected chi connectivity index (χ3v) is 2.14. The Kier molecular flexibility index (Phi) is 4.09. The van der Waals surface area contributed by atoms with Crippen LogP contribution in [-0.2, 0) is 14.3 Å². The first kappa shape index (κ1) is 11.5. The van der Waals surface area contributed by atoms with Gasteiger partial charge in [0, 0.05) is 0 Å². The molecule has 2 unspecified atom stereocenters. The molecule has 0 amide bonds. The molecule has 0 aromatic heterocycles. The molecule has 0 bridgehead atoms. The van der Waals surface area contributed by atoms with Crippen LogP contribution in [0.25, 0.3) is 0 Å². The van der Waals surface area contributed by atoms with Crippen molar-refractivity contribution in [2.45, 2.75) is 13.3 Å². The monoisotopic (exact) mass is 210 g/mol. The van der Waals surface area contributed by atoms with Crippen molar-refractivity contribution in [1.29, 1.82) is 0 Å². The largest absolute Gasteiger partial charge is 0.481 e. The fourth-order valence-corrected chi connectivity index (χ4v) is 1.37. The van der Waals surface area contributed by atoms with Gasteiger partial charge in [-0.25, -0.2) is 0 Å². The summed E-state index contributed by atoms with van der Waals surface area (Å²) in [5.41, 5.74) is 0. The summed E-state index contributed by atoms with van der Waals surface area (Å²) in [6, 6.07) is 0. The molecule has 2 atom stereocenters. The third kappa shape index (κ3) is 2.94. The van der Waals surface area contributed by atoms with Crippen LogP contribution in [0.5, 0.6) is 0 Å². The molecule has 0 aromatic carbocycles. The zero-order valence-corrected chi connectivity index (χ0v) is 8.55. The van der Waals surface area contributed by atoms with E-state index in [0.29, 0.717) is 6.61 Å². The standard InChI is InChI=1S/C11H14O4/c1-2-7-15-11(14)9-6-4-3-5-8(9)10(12)13/h3-6,8-9H,2,7H2,1H3,(H,12,13). The van der Waals surface area contributed by atoms with E-state index < -0.39 is 23.8 Å². The van der Waals surface area contributed by atoms with Gasteiger partial charge in [-0.1, -0.05) is 31.2 Å². The van der Waals surface area contributed by atoms with E-state index >= 15 is 0 Å². The Morgan fingerprint density at radius 3 is 2.40 bits per heavy atom. The van der Waals surface area contributed by atoms with Crippen LogP contribution < -0.4 is 0 Å². The van der Waals surface area contributed by atoms with E-state index in [-0.39, 0.29) is 0 Å². The minimum Gasteiger partial charge on any atom is -0.481 e. The van der Waals surface area contributed by atoms with E-state index in [9.17, 15) is 9.59 Å². The summed E-state index contributed by atoms with van der Waals surface area (Å²) >= 11 is 0. The summed E-state index contributed by atoms with van der Waals surface area (Å²) in [5, 5.41) is 8.89. The summed E-state index contributed by atoms with van der Waals surface area (Å²) < 4.78 is 4.92. The number of carboxylic acid groups (broad SMARTS) is 1. The molecule has 0 spiro atoms. The minimum absolute atomic E-state index is 0.333. The highest BCUT2D eigenvalue weighted by molar-refractivity contribution is 5.84. The molecule has 0 heterocycles. The number of ether oxygens (including phenoxy) is 1. The molecule has 0 saturated carbocycles. The zero-order chi connectivity index (χ0) is 11.3. The summed E-state index contributed by atoms with van der Waals surface area (Å²) in [4.78, 5) is 22.4. The van der Waals surface area contributed by atoms with Gasteiger partial charge in [-0.3, -0.25) is 9.59 Å². The third-order valence-electron chi connectivity index (χ3n) is 2.14. The molecule has 15 heavy (non-hydrogen) atoms. The summed E-state index contributed by atoms with van der Waals surface area (Å²) in [6.45, 7) is 2.22. The maximum absolute atomic E-state index is 11.5. The number of esters is 1. The maximum atomic E-state index is 11.5. The molecule has 0 fully saturated rings. The number of hydrogen-bond acceptors (Lipinski definition) is 3. The van der Waals surface area contributed by atoms with Crippen LogP contribution in [0.4, 0.5) is 0 Å². The van der Waals surface area contributed by atoms with E-state index in [0.717, 1.165) is 6.42 Å². The Hall–Kier alpha value is -1.58. The molecule has 82 valence electrons. The summed E-state index contributed by atoms with van der Waals surface area (Å²) in [7, 11) is 0. The predicted molar refractivity (Wildman–Crippen MR) is 54.1 cm³/mol. The lowest BCUT2D eigenvalue weighted by Crippen LogP contribution is -2.29. The van der Waals surface area contributed by atoms with Crippen LogP contribution in [-0.4, -0.2) is 23.7 Å². The van der Waals surface area contributed by atoms with Crippen molar-refractivity contribution in [2.75, 3.05) is 6.61 Å². The van der Waals surface area contributed by atoms with Crippen LogP contribution in [0.15, 0.2) is 24.3 Å². The van der Waals surface area contributed by atoms with Gasteiger partial charge >= 0.3 is 11.9 Å². The first-order valence-corrected chi connectivity index (χ1v) is 4.91. The highest BCUT2D eigenvalue weighted by Gasteiger charge is 2.31. The Morgan fingerprint density at radius 1 is 1.27 bits per heavy atom. The zero-order valence-electron chi connectivity index (χ0n) is 8.55. The van der Waals surface area contributed by atoms with E-state index in [1.165, 1.54) is 6.08 Å². The minimum atomic E-state index is -1.01. The Bertz CT molecular complexity index is 304. The Balaban J connectivity index is 2.66. The second-order valence-corrected chi connectivity index (χ2v) is 3.33. The van der Waals surface area contributed by atoms with Gasteiger partial charge in [0.2, 0.25) is 0 Å². The number of carbonyl (C=O) groups is 2. The number of aliphatic carboxylic acids is 1. The van der Waals surface area contributed by atoms with Crippen molar-refractivity contribution in [1.82, 2.24) is 0 Å². The first-order valence-electron chi connectivity index (χ1n) is 4.91. The number of hydrogen-bond donors (Lipinski definition) is 1. The lowest BCUT2D eigenvalue weighted by Gasteiger charge is -2.18. The molecular weight excluding hydrogens is 196 g/mol. The van der Waals surface area contributed by atoms with Gasteiger partial charge in [-0.15, -0.1) is 0 Å². The van der Waals surface area contributed by atoms with Crippen molar-refractivity contribution >= 4 is 11.9 Å². The van der Waals surface area contributed by atoms with Gasteiger partial charge < -0.3 is 9.84 Å². The molecule has 0 saturated heterocycles. The van der Waals surface area contributed by atoms with Crippen LogP contribution >= 0.6 is 0 Å². The van der Waals surface area contributed by atoms with Crippen molar-refractivity contribution < 1.29 is 19.4 Å². The quantitative estimate of drug-likeness (QED) is 0.712. The van der Waals surface area contributed by atoms with Crippen LogP contribution in [0.3, 0.4) is 0 Å². The smallest absolute Gasteiger partial charge is 0.314 e. The number of rotatable bonds is 4. The lowest BCUT2D eigenvalue weighted by molar-refractivity contribution is -0.154. The highest BCUT2D eigenvalue weighted by atomic mass is 16.5. The summed E-state index contributed by atoms with van der Waals surface area (Å²) in [5.74, 6) is -2.97. The van der Waals surface area contributed by atoms with Gasteiger partial charge in [0.05, 0.1) is 18.4 Å². The van der Waals surface area contributed by atoms with Gasteiger partial charge in [0.1, 0.15) is 0 Å². The van der Waals surface area contributed by atoms with Gasteiger partial charge in [0.15, 0.2) is 0 Å². The molecule has 1 aliphatic rings. The van der Waals surface area contributed by atoms with Crippen molar-refractivity contribution in [3.63, 3.8) is 0 Å². The van der Waals surface area contributed by atoms with E-state index in [4.69, 9.17) is 9.84 Å². The van der Waals surface area contributed by atoms with Gasteiger partial charge in [-0.2, -0.15) is 0 Å². The summed E-state index contributed by atoms with van der Waals surface area (Å²) in [6.07, 6.45) is 7.09. The molecule has 4 nitrogen and oxygen atoms in total. The normalized spacial score (nSPS) is 23.8. The second-order valence-electron chi connectivity index (χ2n) is 3.33. The SMILES string of the molecule is CCCOC(=O)C1C=CC=CC1C(=O)O. The molecule has 1 aliphatic carbocycles. The van der Waals surface area contributed by atoms with Crippen molar-refractivity contribution in [3.8, 4) is 0 Å². The molecule has 1 N–H and O–H groups in total. The Labute approximate surface area is 88.2 Å². The van der Waals surface area contributed by atoms with Gasteiger partial charge in [0.25, 0.3) is 0 Å². The fraction of sp³-hybridized carbons (Fsp3) is 0.455. The molecular formula is C11H14O4. The molecule has 1 rings (SSSR count). The van der Waals surface area contributed by atoms with Crippen molar-refractivity contribution in [3.05, 3.63) is 24.3 Å². The van der Waals surface area contributed by atoms with Crippen molar-refractivity contribution in [2.24, 2.45) is 11.8 Å². The highest BCUT2D eigenvalue weighted by Crippen LogP contribution is 2.21. The van der Waals surface area contributed by atoms with E-state index in [2.05, 4.69) is 0 Å². The number of allylic oxidation sites excluding steroid dienone is 2. The number of carboxylic acids is 1. The van der Waals surface area contributed by atoms with Crippen LogP contribution in [0, 0.1) is 11.8 Å². The van der Waals surface area contributed by atoms with Crippen LogP contribution in [0.1, 0.15) is 13.3 Å². The average molecular weight is 210 g/mol. The average Bonchev–Trinajstić information content (AvgIpc) is 2.25. The van der Waals surface area contributed by atoms with Crippen LogP contribution in [0.2, 0.25) is 0 Å². The first-order chi connectivity index (χ1) is 7.16. The molecule has 0 aliphatic heterocycles. The van der Waals surface area contributed by atoms with E-state index in [1.54, 1.807) is 18.2 Å². The second kappa shape index (κ2) is 5.34. The molecule has 0 aromatic rings. The van der Waals surface area contributed by atoms with Gasteiger partial charge in [-0.05, 0) is 6.42 Å². The number of carbonyl (C=O) groups excluding carboxylic acids is 1. The maximum Gasteiger partial charge on any atom is 0.314 e. The lowest BCUT2D eigenvalue weighted by atomic mass is 9.88.